The fourth-order valence-electron chi connectivity index (χ4n) is 7.00. The lowest BCUT2D eigenvalue weighted by Gasteiger charge is -2.18. The highest BCUT2D eigenvalue weighted by Gasteiger charge is 2.19. The Kier molecular flexibility index (Phi) is 44.4. The molecule has 0 rings (SSSR count). The van der Waals surface area contributed by atoms with E-state index in [0.29, 0.717) is 19.3 Å². The van der Waals surface area contributed by atoms with Gasteiger partial charge in [-0.3, -0.25) is 14.4 Å². The fraction of sp³-hybridized carbons (Fsp3) is 0.824. The average Bonchev–Trinajstić information content (AvgIpc) is 3.21. The molecule has 0 saturated carbocycles. The van der Waals surface area contributed by atoms with Crippen LogP contribution in [0, 0.1) is 0 Å². The van der Waals surface area contributed by atoms with Gasteiger partial charge in [0.25, 0.3) is 0 Å². The maximum absolute atomic E-state index is 12.7. The summed E-state index contributed by atoms with van der Waals surface area (Å²) in [6, 6.07) is 0. The van der Waals surface area contributed by atoms with Crippen molar-refractivity contribution in [1.29, 1.82) is 0 Å². The van der Waals surface area contributed by atoms with E-state index in [2.05, 4.69) is 57.2 Å². The molecule has 0 spiro atoms. The third-order valence-electron chi connectivity index (χ3n) is 10.7. The van der Waals surface area contributed by atoms with Gasteiger partial charge < -0.3 is 14.2 Å². The third kappa shape index (κ3) is 44.6. The van der Waals surface area contributed by atoms with Gasteiger partial charge in [0.05, 0.1) is 0 Å². The summed E-state index contributed by atoms with van der Waals surface area (Å²) in [5.41, 5.74) is 0. The molecule has 0 aliphatic rings. The number of ether oxygens (including phenoxy) is 3. The highest BCUT2D eigenvalue weighted by Crippen LogP contribution is 2.16. The second kappa shape index (κ2) is 46.3. The molecule has 0 aliphatic heterocycles. The number of hydrogen-bond donors (Lipinski definition) is 0. The van der Waals surface area contributed by atoms with Crippen LogP contribution in [0.3, 0.4) is 0 Å². The Morgan fingerprint density at radius 3 is 1.05 bits per heavy atom. The Bertz CT molecular complexity index is 969. The van der Waals surface area contributed by atoms with E-state index in [9.17, 15) is 14.4 Å². The first-order valence-corrected chi connectivity index (χ1v) is 24.5. The van der Waals surface area contributed by atoms with E-state index in [-0.39, 0.29) is 37.5 Å². The van der Waals surface area contributed by atoms with E-state index in [0.717, 1.165) is 64.2 Å². The Morgan fingerprint density at radius 2 is 0.684 bits per heavy atom. The molecule has 332 valence electrons. The van der Waals surface area contributed by atoms with Crippen molar-refractivity contribution in [2.45, 2.75) is 258 Å². The van der Waals surface area contributed by atoms with Crippen LogP contribution in [0.4, 0.5) is 0 Å². The van der Waals surface area contributed by atoms with Gasteiger partial charge in [0, 0.05) is 19.3 Å². The van der Waals surface area contributed by atoms with Gasteiger partial charge in [0.1, 0.15) is 13.2 Å². The highest BCUT2D eigenvalue weighted by molar-refractivity contribution is 5.71. The summed E-state index contributed by atoms with van der Waals surface area (Å²) in [6.45, 7) is 6.47. The lowest BCUT2D eigenvalue weighted by Crippen LogP contribution is -2.30. The van der Waals surface area contributed by atoms with E-state index in [1.807, 2.05) is 0 Å². The summed E-state index contributed by atoms with van der Waals surface area (Å²) in [7, 11) is 0. The quantitative estimate of drug-likeness (QED) is 0.0264. The van der Waals surface area contributed by atoms with Crippen LogP contribution < -0.4 is 0 Å². The van der Waals surface area contributed by atoms with Gasteiger partial charge in [-0.05, 0) is 44.9 Å². The van der Waals surface area contributed by atoms with Crippen LogP contribution in [0.1, 0.15) is 252 Å². The molecular formula is C51H92O6. The maximum Gasteiger partial charge on any atom is 0.306 e. The zero-order valence-corrected chi connectivity index (χ0v) is 37.9. The predicted molar refractivity (Wildman–Crippen MR) is 242 cm³/mol. The van der Waals surface area contributed by atoms with Crippen LogP contribution in [0.15, 0.2) is 36.5 Å². The topological polar surface area (TPSA) is 78.9 Å². The SMILES string of the molecule is CC/C=C\C/C=C\C/C=C\CCCC(=O)OC(COC(=O)CCCCCCCCCCC)COC(=O)CCCCCCCCCCCCCCCCCCCCC. The van der Waals surface area contributed by atoms with Gasteiger partial charge in [-0.1, -0.05) is 224 Å². The number of hydrogen-bond acceptors (Lipinski definition) is 6. The molecule has 0 saturated heterocycles. The van der Waals surface area contributed by atoms with Crippen LogP contribution in [-0.2, 0) is 28.6 Å². The molecule has 0 amide bonds. The van der Waals surface area contributed by atoms with Gasteiger partial charge in [-0.25, -0.2) is 0 Å². The third-order valence-corrected chi connectivity index (χ3v) is 10.7. The molecule has 1 atom stereocenters. The van der Waals surface area contributed by atoms with Crippen LogP contribution in [-0.4, -0.2) is 37.2 Å². The Balaban J connectivity index is 4.27. The van der Waals surface area contributed by atoms with E-state index < -0.39 is 6.10 Å². The molecule has 0 aliphatic carbocycles. The van der Waals surface area contributed by atoms with E-state index in [1.54, 1.807) is 0 Å². The molecule has 6 nitrogen and oxygen atoms in total. The van der Waals surface area contributed by atoms with Gasteiger partial charge in [0.2, 0.25) is 0 Å². The van der Waals surface area contributed by atoms with E-state index in [4.69, 9.17) is 14.2 Å². The molecule has 57 heavy (non-hydrogen) atoms. The van der Waals surface area contributed by atoms with Crippen molar-refractivity contribution in [2.75, 3.05) is 13.2 Å². The van der Waals surface area contributed by atoms with Crippen molar-refractivity contribution in [3.63, 3.8) is 0 Å². The summed E-state index contributed by atoms with van der Waals surface area (Å²) in [6.07, 6.45) is 52.9. The van der Waals surface area contributed by atoms with Crippen LogP contribution in [0.5, 0.6) is 0 Å². The van der Waals surface area contributed by atoms with Gasteiger partial charge >= 0.3 is 17.9 Å². The minimum atomic E-state index is -0.791. The molecular weight excluding hydrogens is 709 g/mol. The summed E-state index contributed by atoms with van der Waals surface area (Å²) in [5.74, 6) is -0.939. The highest BCUT2D eigenvalue weighted by atomic mass is 16.6. The molecule has 0 N–H and O–H groups in total. The second-order valence-corrected chi connectivity index (χ2v) is 16.4. The minimum Gasteiger partial charge on any atom is -0.462 e. The van der Waals surface area contributed by atoms with E-state index >= 15 is 0 Å². The van der Waals surface area contributed by atoms with Gasteiger partial charge in [0.15, 0.2) is 6.10 Å². The summed E-state index contributed by atoms with van der Waals surface area (Å²) < 4.78 is 16.7. The minimum absolute atomic E-state index is 0.0886. The Hall–Kier alpha value is -2.37. The number of unbranched alkanes of at least 4 members (excludes halogenated alkanes) is 27. The smallest absolute Gasteiger partial charge is 0.306 e. The first-order valence-electron chi connectivity index (χ1n) is 24.5. The van der Waals surface area contributed by atoms with Crippen LogP contribution in [0.25, 0.3) is 0 Å². The summed E-state index contributed by atoms with van der Waals surface area (Å²) >= 11 is 0. The summed E-state index contributed by atoms with van der Waals surface area (Å²) in [4.78, 5) is 37.7. The molecule has 0 bridgehead atoms. The average molecular weight is 801 g/mol. The second-order valence-electron chi connectivity index (χ2n) is 16.4. The summed E-state index contributed by atoms with van der Waals surface area (Å²) in [5, 5.41) is 0. The predicted octanol–water partition coefficient (Wildman–Crippen LogP) is 15.8. The standard InChI is InChI=1S/C51H92O6/c1-4-7-10-13-16-19-21-22-23-24-25-26-27-28-30-32-35-38-41-44-50(53)56-47-48(46-55-49(52)43-40-37-34-31-18-15-12-9-6-3)57-51(54)45-42-39-36-33-29-20-17-14-11-8-5-2/h8,11,17,20,33,36,48H,4-7,9-10,12-16,18-19,21-32,34-35,37-47H2,1-3H3/b11-8-,20-17-,36-33-. The first-order chi connectivity index (χ1) is 28.0. The Labute approximate surface area is 353 Å². The van der Waals surface area contributed by atoms with Crippen molar-refractivity contribution < 1.29 is 28.6 Å². The van der Waals surface area contributed by atoms with Crippen molar-refractivity contribution in [1.82, 2.24) is 0 Å². The lowest BCUT2D eigenvalue weighted by molar-refractivity contribution is -0.167. The number of rotatable bonds is 44. The zero-order valence-electron chi connectivity index (χ0n) is 37.9. The molecule has 6 heteroatoms. The van der Waals surface area contributed by atoms with Gasteiger partial charge in [-0.15, -0.1) is 0 Å². The first kappa shape index (κ1) is 54.6. The number of carbonyl (C=O) groups is 3. The van der Waals surface area contributed by atoms with Crippen LogP contribution >= 0.6 is 0 Å². The maximum atomic E-state index is 12.7. The molecule has 1 unspecified atom stereocenters. The molecule has 0 aromatic carbocycles. The largest absolute Gasteiger partial charge is 0.462 e. The van der Waals surface area contributed by atoms with Gasteiger partial charge in [-0.2, -0.15) is 0 Å². The zero-order chi connectivity index (χ0) is 41.5. The van der Waals surface area contributed by atoms with E-state index in [1.165, 1.54) is 141 Å². The Morgan fingerprint density at radius 1 is 0.368 bits per heavy atom. The fourth-order valence-corrected chi connectivity index (χ4v) is 7.00. The number of carbonyl (C=O) groups excluding carboxylic acids is 3. The normalized spacial score (nSPS) is 12.3. The molecule has 0 radical (unpaired) electrons. The van der Waals surface area contributed by atoms with Crippen LogP contribution in [0.2, 0.25) is 0 Å². The lowest BCUT2D eigenvalue weighted by atomic mass is 10.0. The molecule has 0 fully saturated rings. The number of allylic oxidation sites excluding steroid dienone is 6. The monoisotopic (exact) mass is 801 g/mol. The number of esters is 3. The molecule has 0 aromatic heterocycles. The van der Waals surface area contributed by atoms with Crippen molar-refractivity contribution in [2.24, 2.45) is 0 Å². The van der Waals surface area contributed by atoms with Crippen molar-refractivity contribution in [3.8, 4) is 0 Å². The molecule has 0 aromatic rings. The molecule has 0 heterocycles. The van der Waals surface area contributed by atoms with Crippen molar-refractivity contribution in [3.05, 3.63) is 36.5 Å². The van der Waals surface area contributed by atoms with Crippen molar-refractivity contribution >= 4 is 17.9 Å².